The fraction of sp³-hybridized carbons (Fsp3) is 0.538. The van der Waals surface area contributed by atoms with Crippen LogP contribution in [0.15, 0.2) is 36.4 Å². The van der Waals surface area contributed by atoms with Crippen LogP contribution in [0.25, 0.3) is 0 Å². The van der Waals surface area contributed by atoms with Gasteiger partial charge in [0.05, 0.1) is 0 Å². The summed E-state index contributed by atoms with van der Waals surface area (Å²) >= 11 is 0. The maximum Gasteiger partial charge on any atom is 0.274 e. The van der Waals surface area contributed by atoms with Gasteiger partial charge >= 0.3 is 0 Å². The van der Waals surface area contributed by atoms with Gasteiger partial charge in [-0.2, -0.15) is 5.10 Å². The van der Waals surface area contributed by atoms with Gasteiger partial charge in [-0.1, -0.05) is 44.2 Å². The molecule has 1 aromatic carbocycles. The van der Waals surface area contributed by atoms with E-state index in [1.165, 1.54) is 0 Å². The van der Waals surface area contributed by atoms with Gasteiger partial charge in [-0.3, -0.25) is 19.1 Å². The lowest BCUT2D eigenvalue weighted by Gasteiger charge is -2.25. The molecule has 34 heavy (non-hydrogen) atoms. The Hall–Kier alpha value is -3.16. The van der Waals surface area contributed by atoms with E-state index >= 15 is 0 Å². The average molecular weight is 466 g/mol. The number of aryl methyl sites for hydroxylation is 1. The summed E-state index contributed by atoms with van der Waals surface area (Å²) in [7, 11) is 0. The molecule has 3 heterocycles. The van der Waals surface area contributed by atoms with E-state index in [2.05, 4.69) is 18.9 Å². The second-order valence-corrected chi connectivity index (χ2v) is 9.69. The molecule has 0 spiro atoms. The molecule has 0 radical (unpaired) electrons. The quantitative estimate of drug-likeness (QED) is 0.600. The number of benzene rings is 1. The molecule has 8 nitrogen and oxygen atoms in total. The molecule has 1 saturated heterocycles. The van der Waals surface area contributed by atoms with E-state index < -0.39 is 0 Å². The number of fused-ring (bicyclic) bond motifs is 1. The third-order valence-electron chi connectivity index (χ3n) is 6.45. The van der Waals surface area contributed by atoms with Crippen molar-refractivity contribution in [3.8, 4) is 0 Å². The Labute approximate surface area is 201 Å². The molecule has 2 aliphatic rings. The van der Waals surface area contributed by atoms with Gasteiger partial charge < -0.3 is 14.7 Å². The van der Waals surface area contributed by atoms with Crippen molar-refractivity contribution in [3.63, 3.8) is 0 Å². The maximum atomic E-state index is 13.4. The monoisotopic (exact) mass is 465 g/mol. The molecule has 2 aliphatic heterocycles. The van der Waals surface area contributed by atoms with Crippen molar-refractivity contribution in [1.29, 1.82) is 0 Å². The highest BCUT2D eigenvalue weighted by molar-refractivity contribution is 5.98. The van der Waals surface area contributed by atoms with E-state index in [9.17, 15) is 14.4 Å². The summed E-state index contributed by atoms with van der Waals surface area (Å²) in [5, 5.41) is 4.52. The van der Waals surface area contributed by atoms with Crippen molar-refractivity contribution in [2.75, 3.05) is 32.7 Å². The molecule has 8 heteroatoms. The third-order valence-corrected chi connectivity index (χ3v) is 6.45. The Kier molecular flexibility index (Phi) is 7.65. The highest BCUT2D eigenvalue weighted by Crippen LogP contribution is 2.18. The Morgan fingerprint density at radius 1 is 1.03 bits per heavy atom. The molecular formula is C26H35N5O3. The van der Waals surface area contributed by atoms with Crippen LogP contribution in [0.1, 0.15) is 66.1 Å². The van der Waals surface area contributed by atoms with Gasteiger partial charge in [0.25, 0.3) is 11.8 Å². The van der Waals surface area contributed by atoms with Gasteiger partial charge in [0, 0.05) is 58.3 Å². The molecule has 0 N–H and O–H groups in total. The fourth-order valence-electron chi connectivity index (χ4n) is 4.73. The molecule has 2 aromatic rings. The largest absolute Gasteiger partial charge is 0.343 e. The zero-order chi connectivity index (χ0) is 24.1. The number of hydrogen-bond donors (Lipinski definition) is 0. The lowest BCUT2D eigenvalue weighted by molar-refractivity contribution is -0.130. The Balaban J connectivity index is 1.47. The molecule has 0 bridgehead atoms. The number of likely N-dealkylation sites (tertiary alicyclic amines) is 1. The SMILES string of the molecule is CC(C)CN(CCC(=O)N1CCCC1)C(=O)c1cc2n(n1)CCCN(Cc1ccccc1)C2=O. The van der Waals surface area contributed by atoms with Crippen LogP contribution >= 0.6 is 0 Å². The Morgan fingerprint density at radius 2 is 1.76 bits per heavy atom. The first kappa shape index (κ1) is 24.0. The molecule has 182 valence electrons. The average Bonchev–Trinajstić information content (AvgIpc) is 3.49. The topological polar surface area (TPSA) is 78.8 Å². The number of amides is 3. The van der Waals surface area contributed by atoms with E-state index in [-0.39, 0.29) is 29.3 Å². The van der Waals surface area contributed by atoms with Crippen molar-refractivity contribution in [1.82, 2.24) is 24.5 Å². The van der Waals surface area contributed by atoms with Crippen LogP contribution in [0.3, 0.4) is 0 Å². The van der Waals surface area contributed by atoms with Crippen molar-refractivity contribution < 1.29 is 14.4 Å². The summed E-state index contributed by atoms with van der Waals surface area (Å²) in [5.74, 6) is 0.0408. The van der Waals surface area contributed by atoms with Crippen LogP contribution in [0.4, 0.5) is 0 Å². The van der Waals surface area contributed by atoms with Gasteiger partial charge in [-0.25, -0.2) is 0 Å². The molecule has 4 rings (SSSR count). The van der Waals surface area contributed by atoms with Crippen molar-refractivity contribution in [2.24, 2.45) is 5.92 Å². The Bertz CT molecular complexity index is 1010. The molecular weight excluding hydrogens is 430 g/mol. The molecule has 0 unspecified atom stereocenters. The minimum Gasteiger partial charge on any atom is -0.343 e. The van der Waals surface area contributed by atoms with Crippen LogP contribution < -0.4 is 0 Å². The summed E-state index contributed by atoms with van der Waals surface area (Å²) in [4.78, 5) is 44.6. The minimum atomic E-state index is -0.217. The number of carbonyl (C=O) groups excluding carboxylic acids is 3. The molecule has 3 amide bonds. The number of hydrogen-bond acceptors (Lipinski definition) is 4. The second-order valence-electron chi connectivity index (χ2n) is 9.69. The van der Waals surface area contributed by atoms with Gasteiger partial charge in [0.2, 0.25) is 5.91 Å². The molecule has 0 saturated carbocycles. The number of aromatic nitrogens is 2. The summed E-state index contributed by atoms with van der Waals surface area (Å²) in [6, 6.07) is 11.5. The first-order valence-corrected chi connectivity index (χ1v) is 12.4. The highest BCUT2D eigenvalue weighted by Gasteiger charge is 2.29. The van der Waals surface area contributed by atoms with Crippen molar-refractivity contribution in [3.05, 3.63) is 53.3 Å². The van der Waals surface area contributed by atoms with E-state index in [0.717, 1.165) is 37.9 Å². The summed E-state index contributed by atoms with van der Waals surface area (Å²) in [6.45, 7) is 8.41. The molecule has 1 fully saturated rings. The van der Waals surface area contributed by atoms with Gasteiger partial charge in [0.15, 0.2) is 5.69 Å². The first-order chi connectivity index (χ1) is 16.4. The van der Waals surface area contributed by atoms with E-state index in [1.54, 1.807) is 15.6 Å². The second kappa shape index (κ2) is 10.8. The van der Waals surface area contributed by atoms with Gasteiger partial charge in [-0.05, 0) is 30.7 Å². The fourth-order valence-corrected chi connectivity index (χ4v) is 4.73. The zero-order valence-electron chi connectivity index (χ0n) is 20.3. The molecule has 0 atom stereocenters. The lowest BCUT2D eigenvalue weighted by Crippen LogP contribution is -2.38. The van der Waals surface area contributed by atoms with E-state index in [4.69, 9.17) is 0 Å². The highest BCUT2D eigenvalue weighted by atomic mass is 16.2. The van der Waals surface area contributed by atoms with Crippen LogP contribution in [-0.4, -0.2) is 74.9 Å². The van der Waals surface area contributed by atoms with Crippen LogP contribution in [0.5, 0.6) is 0 Å². The number of carbonyl (C=O) groups is 3. The van der Waals surface area contributed by atoms with E-state index in [1.807, 2.05) is 40.1 Å². The van der Waals surface area contributed by atoms with Crippen LogP contribution in [0, 0.1) is 5.92 Å². The summed E-state index contributed by atoms with van der Waals surface area (Å²) in [6.07, 6.45) is 3.20. The van der Waals surface area contributed by atoms with Crippen molar-refractivity contribution >= 4 is 17.7 Å². The summed E-state index contributed by atoms with van der Waals surface area (Å²) in [5.41, 5.74) is 1.81. The summed E-state index contributed by atoms with van der Waals surface area (Å²) < 4.78 is 1.67. The zero-order valence-corrected chi connectivity index (χ0v) is 20.3. The van der Waals surface area contributed by atoms with Gasteiger partial charge in [0.1, 0.15) is 5.69 Å². The predicted octanol–water partition coefficient (Wildman–Crippen LogP) is 3.04. The standard InChI is InChI=1S/C26H35N5O3/c1-20(2)18-30(16-11-24(32)28-12-6-7-13-28)25(33)22-17-23-26(34)29(14-8-15-31(23)27-22)19-21-9-4-3-5-10-21/h3-5,9-10,17,20H,6-8,11-16,18-19H2,1-2H3. The maximum absolute atomic E-state index is 13.4. The normalized spacial score (nSPS) is 16.0. The predicted molar refractivity (Wildman–Crippen MR) is 129 cm³/mol. The lowest BCUT2D eigenvalue weighted by atomic mass is 10.1. The van der Waals surface area contributed by atoms with Crippen LogP contribution in [0.2, 0.25) is 0 Å². The first-order valence-electron chi connectivity index (χ1n) is 12.4. The third kappa shape index (κ3) is 5.66. The number of nitrogens with zero attached hydrogens (tertiary/aromatic N) is 5. The molecule has 0 aliphatic carbocycles. The van der Waals surface area contributed by atoms with Crippen LogP contribution in [-0.2, 0) is 17.9 Å². The minimum absolute atomic E-state index is 0.103. The Morgan fingerprint density at radius 3 is 2.47 bits per heavy atom. The number of rotatable bonds is 8. The molecule has 1 aromatic heterocycles. The van der Waals surface area contributed by atoms with Gasteiger partial charge in [-0.15, -0.1) is 0 Å². The van der Waals surface area contributed by atoms with Crippen molar-refractivity contribution in [2.45, 2.75) is 52.6 Å². The van der Waals surface area contributed by atoms with E-state index in [0.29, 0.717) is 44.8 Å². The smallest absolute Gasteiger partial charge is 0.274 e.